The highest BCUT2D eigenvalue weighted by atomic mass is 16.5. The maximum absolute atomic E-state index is 11.4. The summed E-state index contributed by atoms with van der Waals surface area (Å²) in [5.74, 6) is -0.532. The van der Waals surface area contributed by atoms with Gasteiger partial charge in [0.05, 0.1) is 19.2 Å². The number of ether oxygens (including phenoxy) is 1. The van der Waals surface area contributed by atoms with Gasteiger partial charge in [0.25, 0.3) is 0 Å². The number of nitrogens with two attached hydrogens (primary N) is 1. The van der Waals surface area contributed by atoms with Crippen LogP contribution in [0.3, 0.4) is 0 Å². The van der Waals surface area contributed by atoms with Crippen molar-refractivity contribution in [3.63, 3.8) is 0 Å². The van der Waals surface area contributed by atoms with Gasteiger partial charge in [-0.2, -0.15) is 0 Å². The van der Waals surface area contributed by atoms with Crippen LogP contribution in [0.2, 0.25) is 0 Å². The van der Waals surface area contributed by atoms with E-state index in [0.29, 0.717) is 5.56 Å². The first kappa shape index (κ1) is 16.7. The van der Waals surface area contributed by atoms with Crippen molar-refractivity contribution in [3.8, 4) is 0 Å². The van der Waals surface area contributed by atoms with Crippen LogP contribution in [0.4, 0.5) is 5.69 Å². The molecule has 0 aliphatic heterocycles. The highest BCUT2D eigenvalue weighted by Gasteiger charge is 2.04. The number of aryl methyl sites for hydroxylation is 2. The average Bonchev–Trinajstić information content (AvgIpc) is 2.60. The Morgan fingerprint density at radius 3 is 1.96 bits per heavy atom. The summed E-state index contributed by atoms with van der Waals surface area (Å²) in [4.78, 5) is 22.6. The molecule has 120 valence electrons. The molecule has 0 saturated carbocycles. The summed E-state index contributed by atoms with van der Waals surface area (Å²) in [7, 11) is 1.37. The number of hydrogen-bond acceptors (Lipinski definition) is 4. The van der Waals surface area contributed by atoms with Crippen molar-refractivity contribution in [1.82, 2.24) is 0 Å². The van der Waals surface area contributed by atoms with Crippen molar-refractivity contribution in [2.24, 2.45) is 5.73 Å². The van der Waals surface area contributed by atoms with E-state index in [1.165, 1.54) is 12.7 Å². The van der Waals surface area contributed by atoms with Gasteiger partial charge in [-0.3, -0.25) is 4.79 Å². The molecule has 2 aromatic rings. The third-order valence-electron chi connectivity index (χ3n) is 3.50. The fourth-order valence-electron chi connectivity index (χ4n) is 2.18. The molecule has 5 heteroatoms. The molecule has 0 fully saturated rings. The molecule has 0 spiro atoms. The largest absolute Gasteiger partial charge is 0.465 e. The number of amides is 1. The third-order valence-corrected chi connectivity index (χ3v) is 3.50. The van der Waals surface area contributed by atoms with Crippen LogP contribution in [-0.2, 0) is 22.4 Å². The molecule has 0 radical (unpaired) electrons. The van der Waals surface area contributed by atoms with E-state index in [2.05, 4.69) is 10.1 Å². The summed E-state index contributed by atoms with van der Waals surface area (Å²) in [5, 5.41) is 2.71. The van der Waals surface area contributed by atoms with Gasteiger partial charge in [-0.25, -0.2) is 4.79 Å². The molecular formula is C18H20N2O3. The highest BCUT2D eigenvalue weighted by molar-refractivity contribution is 5.92. The monoisotopic (exact) mass is 312 g/mol. The van der Waals surface area contributed by atoms with Crippen molar-refractivity contribution in [2.75, 3.05) is 19.0 Å². The Hall–Kier alpha value is -2.66. The maximum Gasteiger partial charge on any atom is 0.337 e. The summed E-state index contributed by atoms with van der Waals surface area (Å²) >= 11 is 0. The molecule has 0 bridgehead atoms. The number of rotatable bonds is 6. The van der Waals surface area contributed by atoms with E-state index >= 15 is 0 Å². The van der Waals surface area contributed by atoms with Gasteiger partial charge in [-0.1, -0.05) is 24.3 Å². The fraction of sp³-hybridized carbons (Fsp3) is 0.222. The summed E-state index contributed by atoms with van der Waals surface area (Å²) in [6.45, 7) is -0.0245. The number of methoxy groups -OCH3 is 1. The first-order valence-corrected chi connectivity index (χ1v) is 7.38. The number of nitrogens with one attached hydrogen (secondary N) is 1. The van der Waals surface area contributed by atoms with Gasteiger partial charge in [0.15, 0.2) is 0 Å². The molecular weight excluding hydrogens is 292 g/mol. The van der Waals surface area contributed by atoms with Crippen molar-refractivity contribution in [2.45, 2.75) is 12.8 Å². The molecule has 3 N–H and O–H groups in total. The van der Waals surface area contributed by atoms with Crippen molar-refractivity contribution < 1.29 is 14.3 Å². The molecule has 23 heavy (non-hydrogen) atoms. The molecule has 2 rings (SSSR count). The zero-order chi connectivity index (χ0) is 16.7. The average molecular weight is 312 g/mol. The minimum atomic E-state index is -0.327. The minimum absolute atomic E-state index is 0.0245. The molecule has 0 heterocycles. The van der Waals surface area contributed by atoms with E-state index in [0.717, 1.165) is 24.1 Å². The molecule has 0 aliphatic rings. The Morgan fingerprint density at radius 1 is 0.957 bits per heavy atom. The van der Waals surface area contributed by atoms with Crippen LogP contribution in [0.15, 0.2) is 48.5 Å². The summed E-state index contributed by atoms with van der Waals surface area (Å²) in [6, 6.07) is 15.1. The minimum Gasteiger partial charge on any atom is -0.465 e. The first-order valence-electron chi connectivity index (χ1n) is 7.38. The molecule has 2 aromatic carbocycles. The molecule has 5 nitrogen and oxygen atoms in total. The topological polar surface area (TPSA) is 81.4 Å². The van der Waals surface area contributed by atoms with Crippen LogP contribution in [0.5, 0.6) is 0 Å². The van der Waals surface area contributed by atoms with Crippen LogP contribution >= 0.6 is 0 Å². The number of anilines is 1. The lowest BCUT2D eigenvalue weighted by atomic mass is 10.0. The van der Waals surface area contributed by atoms with E-state index in [9.17, 15) is 9.59 Å². The van der Waals surface area contributed by atoms with E-state index < -0.39 is 0 Å². The molecule has 0 atom stereocenters. The Bertz CT molecular complexity index is 664. The van der Waals surface area contributed by atoms with Crippen molar-refractivity contribution >= 4 is 17.6 Å². The van der Waals surface area contributed by atoms with Crippen LogP contribution in [0, 0.1) is 0 Å². The highest BCUT2D eigenvalue weighted by Crippen LogP contribution is 2.13. The van der Waals surface area contributed by atoms with Gasteiger partial charge >= 0.3 is 5.97 Å². The van der Waals surface area contributed by atoms with Gasteiger partial charge in [-0.05, 0) is 48.2 Å². The second kappa shape index (κ2) is 8.10. The van der Waals surface area contributed by atoms with Crippen LogP contribution < -0.4 is 11.1 Å². The molecule has 0 aliphatic carbocycles. The molecule has 0 saturated heterocycles. The third kappa shape index (κ3) is 4.93. The maximum atomic E-state index is 11.4. The van der Waals surface area contributed by atoms with Gasteiger partial charge < -0.3 is 15.8 Å². The second-order valence-corrected chi connectivity index (χ2v) is 5.14. The van der Waals surface area contributed by atoms with Crippen LogP contribution in [0.1, 0.15) is 21.5 Å². The number of esters is 1. The Kier molecular flexibility index (Phi) is 5.88. The normalized spacial score (nSPS) is 10.2. The zero-order valence-electron chi connectivity index (χ0n) is 13.0. The van der Waals surface area contributed by atoms with Gasteiger partial charge in [0.1, 0.15) is 0 Å². The number of carbonyl (C=O) groups excluding carboxylic acids is 2. The van der Waals surface area contributed by atoms with E-state index in [1.54, 1.807) is 12.1 Å². The van der Waals surface area contributed by atoms with Crippen LogP contribution in [-0.4, -0.2) is 25.5 Å². The number of benzene rings is 2. The Balaban J connectivity index is 1.90. The predicted octanol–water partition coefficient (Wildman–Crippen LogP) is 2.16. The second-order valence-electron chi connectivity index (χ2n) is 5.14. The zero-order valence-corrected chi connectivity index (χ0v) is 13.0. The molecule has 0 aromatic heterocycles. The lowest BCUT2D eigenvalue weighted by Crippen LogP contribution is -2.21. The number of carbonyl (C=O) groups is 2. The van der Waals surface area contributed by atoms with Crippen molar-refractivity contribution in [1.29, 1.82) is 0 Å². The van der Waals surface area contributed by atoms with E-state index in [4.69, 9.17) is 5.73 Å². The van der Waals surface area contributed by atoms with E-state index in [-0.39, 0.29) is 18.4 Å². The molecule has 0 unspecified atom stereocenters. The lowest BCUT2D eigenvalue weighted by molar-refractivity contribution is -0.114. The van der Waals surface area contributed by atoms with Crippen LogP contribution in [0.25, 0.3) is 0 Å². The first-order chi connectivity index (χ1) is 11.1. The molecule has 1 amide bonds. The summed E-state index contributed by atoms with van der Waals surface area (Å²) in [5.41, 5.74) is 8.88. The lowest BCUT2D eigenvalue weighted by Gasteiger charge is -2.06. The summed E-state index contributed by atoms with van der Waals surface area (Å²) in [6.07, 6.45) is 1.75. The van der Waals surface area contributed by atoms with Gasteiger partial charge in [0.2, 0.25) is 5.91 Å². The smallest absolute Gasteiger partial charge is 0.337 e. The SMILES string of the molecule is COC(=O)c1ccc(CCc2ccc(NC(=O)CN)cc2)cc1. The Morgan fingerprint density at radius 2 is 1.48 bits per heavy atom. The van der Waals surface area contributed by atoms with Gasteiger partial charge in [-0.15, -0.1) is 0 Å². The predicted molar refractivity (Wildman–Crippen MR) is 89.3 cm³/mol. The Labute approximate surface area is 135 Å². The fourth-order valence-corrected chi connectivity index (χ4v) is 2.18. The quantitative estimate of drug-likeness (QED) is 0.801. The standard InChI is InChI=1S/C18H20N2O3/c1-23-18(22)15-8-4-13(5-9-15)2-3-14-6-10-16(11-7-14)20-17(21)12-19/h4-11H,2-3,12,19H2,1H3,(H,20,21). The van der Waals surface area contributed by atoms with Gasteiger partial charge in [0, 0.05) is 5.69 Å². The van der Waals surface area contributed by atoms with Crippen molar-refractivity contribution in [3.05, 3.63) is 65.2 Å². The summed E-state index contributed by atoms with van der Waals surface area (Å²) < 4.78 is 4.68. The van der Waals surface area contributed by atoms with E-state index in [1.807, 2.05) is 36.4 Å². The number of hydrogen-bond donors (Lipinski definition) is 2.